The van der Waals surface area contributed by atoms with Crippen molar-refractivity contribution in [2.24, 2.45) is 11.8 Å². The van der Waals surface area contributed by atoms with Crippen LogP contribution in [0.3, 0.4) is 0 Å². The van der Waals surface area contributed by atoms with Crippen LogP contribution in [0.25, 0.3) is 0 Å². The van der Waals surface area contributed by atoms with Crippen molar-refractivity contribution in [2.75, 3.05) is 0 Å². The molecule has 8 heteroatoms. The van der Waals surface area contributed by atoms with Gasteiger partial charge in [-0.3, -0.25) is 14.9 Å². The first-order valence-corrected chi connectivity index (χ1v) is 9.03. The maximum atomic E-state index is 12.3. The van der Waals surface area contributed by atoms with Crippen molar-refractivity contribution in [3.8, 4) is 0 Å². The number of carbonyl (C=O) groups excluding carboxylic acids is 2. The predicted octanol–water partition coefficient (Wildman–Crippen LogP) is 3.73. The molecule has 2 rings (SSSR count). The molecule has 1 aliphatic carbocycles. The fraction of sp³-hybridized carbons (Fsp3) is 0.556. The molecule has 0 bridgehead atoms. The quantitative estimate of drug-likeness (QED) is 0.475. The van der Waals surface area contributed by atoms with E-state index in [4.69, 9.17) is 16.3 Å². The molecule has 26 heavy (non-hydrogen) atoms. The second-order valence-electron chi connectivity index (χ2n) is 6.85. The third-order valence-corrected chi connectivity index (χ3v) is 5.38. The van der Waals surface area contributed by atoms with Crippen LogP contribution in [0.1, 0.15) is 50.4 Å². The number of hydrogen-bond donors (Lipinski definition) is 1. The highest BCUT2D eigenvalue weighted by Gasteiger charge is 2.30. The number of benzene rings is 1. The Morgan fingerprint density at radius 3 is 2.65 bits per heavy atom. The minimum atomic E-state index is -0.988. The summed E-state index contributed by atoms with van der Waals surface area (Å²) in [7, 11) is 0. The highest BCUT2D eigenvalue weighted by atomic mass is 35.5. The van der Waals surface area contributed by atoms with Crippen molar-refractivity contribution in [1.29, 1.82) is 0 Å². The van der Waals surface area contributed by atoms with Crippen molar-refractivity contribution in [3.05, 3.63) is 38.9 Å². The third-order valence-electron chi connectivity index (χ3n) is 5.07. The summed E-state index contributed by atoms with van der Waals surface area (Å²) in [5.41, 5.74) is -0.241. The maximum Gasteiger partial charge on any atom is 0.340 e. The number of nitro groups is 1. The van der Waals surface area contributed by atoms with Crippen LogP contribution >= 0.6 is 11.6 Å². The van der Waals surface area contributed by atoms with Gasteiger partial charge in [0.25, 0.3) is 11.6 Å². The molecule has 0 aromatic heterocycles. The Morgan fingerprint density at radius 1 is 1.35 bits per heavy atom. The monoisotopic (exact) mass is 382 g/mol. The molecule has 0 spiro atoms. The Hall–Kier alpha value is -2.15. The first-order chi connectivity index (χ1) is 12.2. The van der Waals surface area contributed by atoms with Crippen LogP contribution < -0.4 is 5.32 Å². The zero-order chi connectivity index (χ0) is 19.4. The van der Waals surface area contributed by atoms with Crippen LogP contribution in [0, 0.1) is 22.0 Å². The first-order valence-electron chi connectivity index (χ1n) is 8.66. The molecule has 0 radical (unpaired) electrons. The summed E-state index contributed by atoms with van der Waals surface area (Å²) in [6.07, 6.45) is 2.13. The highest BCUT2D eigenvalue weighted by molar-refractivity contribution is 6.33. The van der Waals surface area contributed by atoms with Crippen molar-refractivity contribution in [3.63, 3.8) is 0 Å². The lowest BCUT2D eigenvalue weighted by atomic mass is 9.78. The van der Waals surface area contributed by atoms with Gasteiger partial charge in [-0.1, -0.05) is 38.3 Å². The molecule has 1 aromatic carbocycles. The molecule has 1 aromatic rings. The molecule has 1 amide bonds. The van der Waals surface area contributed by atoms with Gasteiger partial charge in [0, 0.05) is 18.2 Å². The number of rotatable bonds is 5. The Bertz CT molecular complexity index is 709. The molecule has 1 saturated carbocycles. The highest BCUT2D eigenvalue weighted by Crippen LogP contribution is 2.29. The molecule has 1 fully saturated rings. The standard InChI is InChI=1S/C18H23ClN2O5/c1-10-5-4-6-16(11(10)2)20-17(22)12(3)26-18(23)14-8-7-13(21(24)25)9-15(14)19/h7-12,16H,4-6H2,1-3H3,(H,20,22)/t10-,11-,12-,16-/m1/s1. The predicted molar refractivity (Wildman–Crippen MR) is 97.1 cm³/mol. The molecular weight excluding hydrogens is 360 g/mol. The topological polar surface area (TPSA) is 98.5 Å². The van der Waals surface area contributed by atoms with Crippen LogP contribution in [0.4, 0.5) is 5.69 Å². The Balaban J connectivity index is 1.98. The van der Waals surface area contributed by atoms with Gasteiger partial charge in [0.15, 0.2) is 6.10 Å². The van der Waals surface area contributed by atoms with Crippen molar-refractivity contribution >= 4 is 29.2 Å². The normalized spacial score (nSPS) is 23.8. The Labute approximate surface area is 157 Å². The minimum absolute atomic E-state index is 0.0171. The van der Waals surface area contributed by atoms with Crippen LogP contribution in [0.5, 0.6) is 0 Å². The van der Waals surface area contributed by atoms with Crippen LogP contribution in [-0.4, -0.2) is 28.9 Å². The summed E-state index contributed by atoms with van der Waals surface area (Å²) in [6, 6.07) is 3.53. The molecule has 1 N–H and O–H groups in total. The Kier molecular flexibility index (Phi) is 6.58. The van der Waals surface area contributed by atoms with Gasteiger partial charge in [-0.25, -0.2) is 4.79 Å². The molecule has 4 atom stereocenters. The smallest absolute Gasteiger partial charge is 0.340 e. The number of nitrogens with zero attached hydrogens (tertiary/aromatic N) is 1. The van der Waals surface area contributed by atoms with E-state index in [2.05, 4.69) is 19.2 Å². The summed E-state index contributed by atoms with van der Waals surface area (Å²) < 4.78 is 5.18. The summed E-state index contributed by atoms with van der Waals surface area (Å²) in [6.45, 7) is 5.77. The van der Waals surface area contributed by atoms with E-state index >= 15 is 0 Å². The van der Waals surface area contributed by atoms with Crippen molar-refractivity contribution in [2.45, 2.75) is 52.2 Å². The fourth-order valence-electron chi connectivity index (χ4n) is 3.15. The number of carbonyl (C=O) groups is 2. The van der Waals surface area contributed by atoms with Gasteiger partial charge in [-0.05, 0) is 31.2 Å². The summed E-state index contributed by atoms with van der Waals surface area (Å²) in [4.78, 5) is 34.7. The fourth-order valence-corrected chi connectivity index (χ4v) is 3.40. The molecule has 142 valence electrons. The number of nitrogens with one attached hydrogen (secondary N) is 1. The van der Waals surface area contributed by atoms with Crippen molar-refractivity contribution in [1.82, 2.24) is 5.32 Å². The molecule has 7 nitrogen and oxygen atoms in total. The van der Waals surface area contributed by atoms with E-state index in [0.29, 0.717) is 11.8 Å². The number of nitro benzene ring substituents is 1. The average molecular weight is 383 g/mol. The second-order valence-corrected chi connectivity index (χ2v) is 7.26. The molecular formula is C18H23ClN2O5. The van der Waals surface area contributed by atoms with Gasteiger partial charge < -0.3 is 10.1 Å². The second kappa shape index (κ2) is 8.49. The van der Waals surface area contributed by atoms with E-state index in [0.717, 1.165) is 31.4 Å². The van der Waals surface area contributed by atoms with E-state index in [9.17, 15) is 19.7 Å². The molecule has 0 aliphatic heterocycles. The van der Waals surface area contributed by atoms with Gasteiger partial charge >= 0.3 is 5.97 Å². The lowest BCUT2D eigenvalue weighted by molar-refractivity contribution is -0.384. The molecule has 1 aliphatic rings. The van der Waals surface area contributed by atoms with E-state index in [1.165, 1.54) is 13.0 Å². The third kappa shape index (κ3) is 4.72. The van der Waals surface area contributed by atoms with E-state index < -0.39 is 17.0 Å². The number of amides is 1. The summed E-state index contributed by atoms with van der Waals surface area (Å²) >= 11 is 5.92. The number of halogens is 1. The zero-order valence-corrected chi connectivity index (χ0v) is 15.8. The molecule has 0 unspecified atom stereocenters. The van der Waals surface area contributed by atoms with E-state index in [1.54, 1.807) is 0 Å². The summed E-state index contributed by atoms with van der Waals surface area (Å²) in [5, 5.41) is 13.6. The van der Waals surface area contributed by atoms with Gasteiger partial charge in [0.05, 0.1) is 15.5 Å². The van der Waals surface area contributed by atoms with E-state index in [-0.39, 0.29) is 28.2 Å². The lowest BCUT2D eigenvalue weighted by Gasteiger charge is -2.35. The minimum Gasteiger partial charge on any atom is -0.449 e. The number of ether oxygens (including phenoxy) is 1. The molecule has 0 saturated heterocycles. The SMILES string of the molecule is C[C@@H]1[C@H](C)CCC[C@H]1NC(=O)[C@@H](C)OC(=O)c1ccc([N+](=O)[O-])cc1Cl. The van der Waals surface area contributed by atoms with E-state index in [1.807, 2.05) is 0 Å². The Morgan fingerprint density at radius 2 is 2.04 bits per heavy atom. The van der Waals surface area contributed by atoms with Gasteiger partial charge in [-0.2, -0.15) is 0 Å². The zero-order valence-electron chi connectivity index (χ0n) is 15.0. The van der Waals surface area contributed by atoms with Crippen LogP contribution in [0.2, 0.25) is 5.02 Å². The first kappa shape index (κ1) is 20.2. The average Bonchev–Trinajstić information content (AvgIpc) is 2.58. The summed E-state index contributed by atoms with van der Waals surface area (Å²) in [5.74, 6) is -0.259. The largest absolute Gasteiger partial charge is 0.449 e. The van der Waals surface area contributed by atoms with Gasteiger partial charge in [0.2, 0.25) is 0 Å². The van der Waals surface area contributed by atoms with Crippen molar-refractivity contribution < 1.29 is 19.2 Å². The lowest BCUT2D eigenvalue weighted by Crippen LogP contribution is -2.47. The molecule has 0 heterocycles. The maximum absolute atomic E-state index is 12.3. The van der Waals surface area contributed by atoms with Gasteiger partial charge in [0.1, 0.15) is 0 Å². The number of hydrogen-bond acceptors (Lipinski definition) is 5. The number of esters is 1. The number of non-ortho nitro benzene ring substituents is 1. The van der Waals surface area contributed by atoms with Crippen LogP contribution in [0.15, 0.2) is 18.2 Å². The van der Waals surface area contributed by atoms with Crippen LogP contribution in [-0.2, 0) is 9.53 Å². The van der Waals surface area contributed by atoms with Gasteiger partial charge in [-0.15, -0.1) is 0 Å².